The van der Waals surface area contributed by atoms with Crippen molar-refractivity contribution in [2.24, 2.45) is 0 Å². The first-order valence-electron chi connectivity index (χ1n) is 7.02. The van der Waals surface area contributed by atoms with Crippen molar-refractivity contribution in [2.45, 2.75) is 24.7 Å². The van der Waals surface area contributed by atoms with Gasteiger partial charge in [-0.05, 0) is 31.0 Å². The number of carbonyl (C=O) groups is 1. The number of methoxy groups -OCH3 is 1. The van der Waals surface area contributed by atoms with Crippen molar-refractivity contribution in [1.82, 2.24) is 4.72 Å². The minimum absolute atomic E-state index is 0.0548. The van der Waals surface area contributed by atoms with E-state index in [-0.39, 0.29) is 10.5 Å². The van der Waals surface area contributed by atoms with E-state index in [4.69, 9.17) is 4.74 Å². The number of rotatable bonds is 10. The molecule has 1 rings (SSSR count). The average molecular weight is 330 g/mol. The van der Waals surface area contributed by atoms with Gasteiger partial charge in [-0.2, -0.15) is 0 Å². The fourth-order valence-electron chi connectivity index (χ4n) is 1.78. The van der Waals surface area contributed by atoms with Gasteiger partial charge in [-0.15, -0.1) is 0 Å². The molecule has 8 heteroatoms. The van der Waals surface area contributed by atoms with Gasteiger partial charge in [-0.1, -0.05) is 6.92 Å². The summed E-state index contributed by atoms with van der Waals surface area (Å²) in [6.45, 7) is 3.25. The Balaban J connectivity index is 2.97. The highest BCUT2D eigenvalue weighted by molar-refractivity contribution is 7.89. The summed E-state index contributed by atoms with van der Waals surface area (Å²) >= 11 is 0. The molecule has 7 nitrogen and oxygen atoms in total. The van der Waals surface area contributed by atoms with Gasteiger partial charge in [0.2, 0.25) is 10.0 Å². The molecule has 0 aliphatic heterocycles. The van der Waals surface area contributed by atoms with Crippen LogP contribution in [0.3, 0.4) is 0 Å². The van der Waals surface area contributed by atoms with Crippen molar-refractivity contribution in [3.8, 4) is 0 Å². The summed E-state index contributed by atoms with van der Waals surface area (Å²) < 4.78 is 31.4. The molecule has 0 aliphatic carbocycles. The van der Waals surface area contributed by atoms with Crippen LogP contribution in [0.5, 0.6) is 0 Å². The van der Waals surface area contributed by atoms with Gasteiger partial charge in [0, 0.05) is 32.5 Å². The number of anilines is 1. The number of aromatic carboxylic acids is 1. The first-order chi connectivity index (χ1) is 10.4. The second kappa shape index (κ2) is 8.72. The molecular weight excluding hydrogens is 308 g/mol. The van der Waals surface area contributed by atoms with Gasteiger partial charge in [0.05, 0.1) is 10.5 Å². The normalized spacial score (nSPS) is 11.4. The van der Waals surface area contributed by atoms with E-state index in [0.717, 1.165) is 0 Å². The van der Waals surface area contributed by atoms with E-state index in [1.807, 2.05) is 6.92 Å². The summed E-state index contributed by atoms with van der Waals surface area (Å²) in [5.41, 5.74) is 0.315. The van der Waals surface area contributed by atoms with Crippen molar-refractivity contribution in [3.05, 3.63) is 23.8 Å². The molecule has 1 aromatic rings. The van der Waals surface area contributed by atoms with Gasteiger partial charge in [0.1, 0.15) is 0 Å². The number of sulfonamides is 1. The van der Waals surface area contributed by atoms with Gasteiger partial charge >= 0.3 is 5.97 Å². The van der Waals surface area contributed by atoms with Crippen LogP contribution in [0, 0.1) is 0 Å². The lowest BCUT2D eigenvalue weighted by Gasteiger charge is -2.12. The third-order valence-corrected chi connectivity index (χ3v) is 4.37. The first kappa shape index (κ1) is 18.4. The average Bonchev–Trinajstić information content (AvgIpc) is 2.49. The monoisotopic (exact) mass is 330 g/mol. The van der Waals surface area contributed by atoms with Crippen LogP contribution >= 0.6 is 0 Å². The molecule has 0 atom stereocenters. The van der Waals surface area contributed by atoms with E-state index in [0.29, 0.717) is 38.2 Å². The smallest absolute Gasteiger partial charge is 0.337 e. The van der Waals surface area contributed by atoms with Gasteiger partial charge in [0.25, 0.3) is 0 Å². The van der Waals surface area contributed by atoms with Crippen LogP contribution in [0.1, 0.15) is 30.1 Å². The molecule has 0 heterocycles. The van der Waals surface area contributed by atoms with Crippen molar-refractivity contribution >= 4 is 21.7 Å². The number of nitrogens with one attached hydrogen (secondary N) is 2. The molecule has 0 bridgehead atoms. The Hall–Kier alpha value is -1.64. The van der Waals surface area contributed by atoms with Crippen molar-refractivity contribution in [3.63, 3.8) is 0 Å². The molecule has 0 saturated heterocycles. The summed E-state index contributed by atoms with van der Waals surface area (Å²) in [5, 5.41) is 12.2. The Morgan fingerprint density at radius 2 is 2.05 bits per heavy atom. The zero-order valence-electron chi connectivity index (χ0n) is 12.8. The predicted molar refractivity (Wildman–Crippen MR) is 83.9 cm³/mol. The Bertz CT molecular complexity index is 601. The van der Waals surface area contributed by atoms with Crippen LogP contribution in [0.4, 0.5) is 5.69 Å². The SMILES string of the molecule is CCCNS(=O)(=O)c1ccc(NCCCOC)c(C(=O)O)c1. The van der Waals surface area contributed by atoms with Crippen molar-refractivity contribution < 1.29 is 23.1 Å². The number of benzene rings is 1. The highest BCUT2D eigenvalue weighted by Gasteiger charge is 2.18. The van der Waals surface area contributed by atoms with Gasteiger partial charge < -0.3 is 15.2 Å². The second-order valence-corrected chi connectivity index (χ2v) is 6.45. The Morgan fingerprint density at radius 3 is 2.64 bits per heavy atom. The largest absolute Gasteiger partial charge is 0.478 e. The van der Waals surface area contributed by atoms with E-state index in [1.165, 1.54) is 18.2 Å². The third-order valence-electron chi connectivity index (χ3n) is 2.91. The van der Waals surface area contributed by atoms with Gasteiger partial charge in [-0.25, -0.2) is 17.9 Å². The number of ether oxygens (including phenoxy) is 1. The molecule has 0 radical (unpaired) electrons. The zero-order valence-corrected chi connectivity index (χ0v) is 13.6. The number of hydrogen-bond donors (Lipinski definition) is 3. The van der Waals surface area contributed by atoms with Gasteiger partial charge in [-0.3, -0.25) is 0 Å². The Morgan fingerprint density at radius 1 is 1.32 bits per heavy atom. The summed E-state index contributed by atoms with van der Waals surface area (Å²) in [6, 6.07) is 4.03. The van der Waals surface area contributed by atoms with Crippen molar-refractivity contribution in [2.75, 3.05) is 32.1 Å². The first-order valence-corrected chi connectivity index (χ1v) is 8.50. The summed E-state index contributed by atoms with van der Waals surface area (Å²) in [4.78, 5) is 11.3. The lowest BCUT2D eigenvalue weighted by molar-refractivity contribution is 0.0697. The zero-order chi connectivity index (χ0) is 16.6. The van der Waals surface area contributed by atoms with E-state index in [2.05, 4.69) is 10.0 Å². The minimum Gasteiger partial charge on any atom is -0.478 e. The topological polar surface area (TPSA) is 105 Å². The maximum Gasteiger partial charge on any atom is 0.337 e. The molecule has 22 heavy (non-hydrogen) atoms. The number of carboxylic acid groups (broad SMARTS) is 1. The second-order valence-electron chi connectivity index (χ2n) is 4.68. The third kappa shape index (κ3) is 5.28. The van der Waals surface area contributed by atoms with Crippen LogP contribution in [0.2, 0.25) is 0 Å². The van der Waals surface area contributed by atoms with Crippen LogP contribution in [-0.4, -0.2) is 46.3 Å². The molecule has 0 saturated carbocycles. The minimum atomic E-state index is -3.69. The summed E-state index contributed by atoms with van der Waals surface area (Å²) in [6.07, 6.45) is 1.37. The maximum atomic E-state index is 12.0. The molecule has 0 spiro atoms. The van der Waals surface area contributed by atoms with Crippen LogP contribution in [-0.2, 0) is 14.8 Å². The molecule has 0 aromatic heterocycles. The molecule has 124 valence electrons. The van der Waals surface area contributed by atoms with E-state index in [9.17, 15) is 18.3 Å². The summed E-state index contributed by atoms with van der Waals surface area (Å²) in [5.74, 6) is -1.18. The van der Waals surface area contributed by atoms with Gasteiger partial charge in [0.15, 0.2) is 0 Å². The summed E-state index contributed by atoms with van der Waals surface area (Å²) in [7, 11) is -2.10. The Kier molecular flexibility index (Phi) is 7.30. The predicted octanol–water partition coefficient (Wildman–Crippen LogP) is 1.52. The standard InChI is InChI=1S/C14H22N2O5S/c1-3-7-16-22(19,20)11-5-6-13(12(10-11)14(17)18)15-8-4-9-21-2/h5-6,10,15-16H,3-4,7-9H2,1-2H3,(H,17,18). The molecule has 0 amide bonds. The number of hydrogen-bond acceptors (Lipinski definition) is 5. The lowest BCUT2D eigenvalue weighted by atomic mass is 10.2. The molecule has 1 aromatic carbocycles. The molecule has 0 unspecified atom stereocenters. The lowest BCUT2D eigenvalue weighted by Crippen LogP contribution is -2.24. The Labute approximate surface area is 130 Å². The fourth-order valence-corrected chi connectivity index (χ4v) is 2.94. The highest BCUT2D eigenvalue weighted by atomic mass is 32.2. The molecular formula is C14H22N2O5S. The molecule has 0 fully saturated rings. The van der Waals surface area contributed by atoms with Crippen LogP contribution in [0.15, 0.2) is 23.1 Å². The van der Waals surface area contributed by atoms with Crippen LogP contribution in [0.25, 0.3) is 0 Å². The fraction of sp³-hybridized carbons (Fsp3) is 0.500. The maximum absolute atomic E-state index is 12.0. The quantitative estimate of drug-likeness (QED) is 0.562. The van der Waals surface area contributed by atoms with E-state index >= 15 is 0 Å². The van der Waals surface area contributed by atoms with E-state index in [1.54, 1.807) is 7.11 Å². The highest BCUT2D eigenvalue weighted by Crippen LogP contribution is 2.20. The van der Waals surface area contributed by atoms with Crippen LogP contribution < -0.4 is 10.0 Å². The number of carboxylic acids is 1. The molecule has 3 N–H and O–H groups in total. The molecule has 0 aliphatic rings. The van der Waals surface area contributed by atoms with Crippen molar-refractivity contribution in [1.29, 1.82) is 0 Å². The van der Waals surface area contributed by atoms with E-state index < -0.39 is 16.0 Å².